The molecule has 0 bridgehead atoms. The van der Waals surface area contributed by atoms with Gasteiger partial charge < -0.3 is 24.8 Å². The number of benzene rings is 2. The van der Waals surface area contributed by atoms with E-state index < -0.39 is 13.9 Å². The number of aromatic nitrogens is 4. The van der Waals surface area contributed by atoms with Gasteiger partial charge in [0, 0.05) is 31.1 Å². The van der Waals surface area contributed by atoms with Gasteiger partial charge in [0.25, 0.3) is 0 Å². The molecule has 1 atom stereocenters. The number of rotatable bonds is 8. The Morgan fingerprint density at radius 3 is 2.54 bits per heavy atom. The predicted molar refractivity (Wildman–Crippen MR) is 196 cm³/mol. The first-order chi connectivity index (χ1) is 26.0. The zero-order valence-electron chi connectivity index (χ0n) is 29.3. The van der Waals surface area contributed by atoms with Crippen LogP contribution in [-0.4, -0.2) is 97.3 Å². The van der Waals surface area contributed by atoms with Crippen molar-refractivity contribution >= 4 is 42.7 Å². The monoisotopic (exact) mass is 757 g/mol. The average molecular weight is 758 g/mol. The average Bonchev–Trinajstić information content (AvgIpc) is 3.64. The Morgan fingerprint density at radius 2 is 1.76 bits per heavy atom. The van der Waals surface area contributed by atoms with Crippen molar-refractivity contribution in [2.45, 2.75) is 56.5 Å². The number of amides is 3. The van der Waals surface area contributed by atoms with Crippen molar-refractivity contribution in [1.29, 1.82) is 0 Å². The van der Waals surface area contributed by atoms with E-state index in [9.17, 15) is 28.7 Å². The summed E-state index contributed by atoms with van der Waals surface area (Å²) in [6, 6.07) is 13.9. The highest BCUT2D eigenvalue weighted by atomic mass is 31.2. The largest absolute Gasteiger partial charge is 0.524 e. The van der Waals surface area contributed by atoms with Crippen LogP contribution in [-0.2, 0) is 18.9 Å². The van der Waals surface area contributed by atoms with Crippen LogP contribution in [0.2, 0.25) is 0 Å². The smallest absolute Gasteiger partial charge is 0.489 e. The molecule has 17 nitrogen and oxygen atoms in total. The van der Waals surface area contributed by atoms with Gasteiger partial charge >= 0.3 is 7.82 Å². The van der Waals surface area contributed by atoms with E-state index in [4.69, 9.17) is 15.0 Å². The van der Waals surface area contributed by atoms with Gasteiger partial charge in [-0.05, 0) is 67.9 Å². The molecule has 5 N–H and O–H groups in total. The number of para-hydroxylation sites is 2. The van der Waals surface area contributed by atoms with Gasteiger partial charge in [0.2, 0.25) is 17.7 Å². The minimum atomic E-state index is -4.83. The maximum atomic E-state index is 13.6. The lowest BCUT2D eigenvalue weighted by atomic mass is 9.80. The summed E-state index contributed by atoms with van der Waals surface area (Å²) in [7, 11) is -4.83. The Hall–Kier alpha value is -5.35. The van der Waals surface area contributed by atoms with Gasteiger partial charge in [-0.3, -0.25) is 34.4 Å². The lowest BCUT2D eigenvalue weighted by Gasteiger charge is -2.42. The minimum absolute atomic E-state index is 0.0352. The fraction of sp³-hybridized carbons (Fsp3) is 0.389. The molecule has 0 spiro atoms. The predicted octanol–water partition coefficient (Wildman–Crippen LogP) is 2.76. The topological polar surface area (TPSA) is 219 Å². The number of fused-ring (bicyclic) bond motifs is 1. The van der Waals surface area contributed by atoms with E-state index in [1.165, 1.54) is 10.7 Å². The van der Waals surface area contributed by atoms with E-state index in [2.05, 4.69) is 36.5 Å². The molecule has 1 saturated carbocycles. The SMILES string of the molecule is Nc1nnc(-c2ccccc2OP(=O)(O)O)cc1-n1cc(N2CCN(C3CCC(c4cccc5c4OCCN5[C@H]4CCC(=O)NC4=O)CC3)CC2=O)cn1. The van der Waals surface area contributed by atoms with Gasteiger partial charge in [0.05, 0.1) is 42.6 Å². The Bertz CT molecular complexity index is 2150. The highest BCUT2D eigenvalue weighted by Gasteiger charge is 2.38. The van der Waals surface area contributed by atoms with E-state index in [0.29, 0.717) is 61.9 Å². The zero-order valence-corrected chi connectivity index (χ0v) is 30.2. The van der Waals surface area contributed by atoms with Crippen molar-refractivity contribution in [2.24, 2.45) is 0 Å². The molecule has 5 heterocycles. The van der Waals surface area contributed by atoms with Crippen molar-refractivity contribution in [3.05, 3.63) is 66.5 Å². The number of ether oxygens (including phenoxy) is 1. The molecular formula is C36H40N9O8P. The molecule has 3 fully saturated rings. The summed E-state index contributed by atoms with van der Waals surface area (Å²) < 4.78 is 24.1. The summed E-state index contributed by atoms with van der Waals surface area (Å²) >= 11 is 0. The Kier molecular flexibility index (Phi) is 9.56. The van der Waals surface area contributed by atoms with E-state index in [1.54, 1.807) is 41.6 Å². The van der Waals surface area contributed by atoms with Crippen molar-refractivity contribution in [2.75, 3.05) is 48.3 Å². The first-order valence-electron chi connectivity index (χ1n) is 18.0. The van der Waals surface area contributed by atoms with Gasteiger partial charge in [-0.15, -0.1) is 10.2 Å². The fourth-order valence-electron chi connectivity index (χ4n) is 8.12. The van der Waals surface area contributed by atoms with E-state index >= 15 is 0 Å². The molecule has 282 valence electrons. The second kappa shape index (κ2) is 14.5. The number of nitrogen functional groups attached to an aromatic ring is 1. The molecule has 3 amide bonds. The summed E-state index contributed by atoms with van der Waals surface area (Å²) in [5.41, 5.74) is 9.76. The lowest BCUT2D eigenvalue weighted by Crippen LogP contribution is -2.54. The maximum absolute atomic E-state index is 13.6. The quantitative estimate of drug-likeness (QED) is 0.150. The number of piperazine rings is 1. The van der Waals surface area contributed by atoms with Crippen LogP contribution >= 0.6 is 7.82 Å². The number of piperidine rings is 1. The van der Waals surface area contributed by atoms with Crippen LogP contribution in [0.4, 0.5) is 17.2 Å². The van der Waals surface area contributed by atoms with Gasteiger partial charge in [0.15, 0.2) is 5.82 Å². The number of phosphoric ester groups is 1. The molecule has 2 saturated heterocycles. The van der Waals surface area contributed by atoms with Crippen LogP contribution in [0.15, 0.2) is 60.9 Å². The molecule has 4 aromatic rings. The molecular weight excluding hydrogens is 717 g/mol. The molecule has 2 aromatic carbocycles. The van der Waals surface area contributed by atoms with Crippen LogP contribution < -0.4 is 30.1 Å². The van der Waals surface area contributed by atoms with Gasteiger partial charge in [-0.25, -0.2) is 9.25 Å². The lowest BCUT2D eigenvalue weighted by molar-refractivity contribution is -0.134. The number of imide groups is 1. The maximum Gasteiger partial charge on any atom is 0.524 e. The molecule has 1 aliphatic carbocycles. The Morgan fingerprint density at radius 1 is 0.944 bits per heavy atom. The van der Waals surface area contributed by atoms with Crippen LogP contribution in [0, 0.1) is 0 Å². The van der Waals surface area contributed by atoms with Crippen molar-refractivity contribution in [1.82, 2.24) is 30.2 Å². The number of nitrogens with zero attached hydrogens (tertiary/aromatic N) is 7. The third kappa shape index (κ3) is 7.14. The summed E-state index contributed by atoms with van der Waals surface area (Å²) in [4.78, 5) is 62.8. The molecule has 3 aliphatic heterocycles. The number of nitrogens with two attached hydrogens (primary N) is 1. The third-order valence-corrected chi connectivity index (χ3v) is 11.1. The Labute approximate surface area is 310 Å². The van der Waals surface area contributed by atoms with Gasteiger partial charge in [-0.2, -0.15) is 5.10 Å². The second-order valence-corrected chi connectivity index (χ2v) is 15.1. The van der Waals surface area contributed by atoms with Crippen LogP contribution in [0.5, 0.6) is 11.5 Å². The number of hydrogen-bond acceptors (Lipinski definition) is 12. The number of hydrogen-bond donors (Lipinski definition) is 4. The molecule has 2 aromatic heterocycles. The first-order valence-corrected chi connectivity index (χ1v) is 19.5. The van der Waals surface area contributed by atoms with E-state index in [0.717, 1.165) is 42.7 Å². The summed E-state index contributed by atoms with van der Waals surface area (Å²) in [6.45, 7) is 2.54. The highest BCUT2D eigenvalue weighted by molar-refractivity contribution is 7.46. The number of phosphoric acid groups is 1. The van der Waals surface area contributed by atoms with E-state index in [-0.39, 0.29) is 47.6 Å². The number of nitrogens with one attached hydrogen (secondary N) is 1. The summed E-state index contributed by atoms with van der Waals surface area (Å²) in [5, 5.41) is 15.1. The molecule has 54 heavy (non-hydrogen) atoms. The van der Waals surface area contributed by atoms with Crippen molar-refractivity contribution < 1.29 is 38.0 Å². The normalized spacial score (nSPS) is 22.4. The van der Waals surface area contributed by atoms with E-state index in [1.807, 2.05) is 12.1 Å². The van der Waals surface area contributed by atoms with Crippen molar-refractivity contribution in [3.8, 4) is 28.4 Å². The van der Waals surface area contributed by atoms with Gasteiger partial charge in [-0.1, -0.05) is 24.3 Å². The third-order valence-electron chi connectivity index (χ3n) is 10.7. The van der Waals surface area contributed by atoms with Crippen LogP contribution in [0.1, 0.15) is 50.0 Å². The van der Waals surface area contributed by atoms with Crippen LogP contribution in [0.25, 0.3) is 16.9 Å². The highest BCUT2D eigenvalue weighted by Crippen LogP contribution is 2.45. The number of carbonyl (C=O) groups excluding carboxylic acids is 3. The molecule has 8 rings (SSSR count). The number of carbonyl (C=O) groups is 3. The standard InChI is InChI=1S/C36H40N9O8P/c37-35-30(18-27(40-41-35)26-4-1-2-7-31(26)53-54(49,50)51)45-20-24(19-38-45)43-15-14-42(21-33(43)47)23-10-8-22(9-11-23)25-5-3-6-28-34(25)52-17-16-44(28)29-12-13-32(46)39-36(29)48/h1-7,18-20,22-23,29H,8-17,21H2,(H2,37,41)(H,39,46,48)(H2,49,50,51)/t22?,23?,29-/m0/s1. The minimum Gasteiger partial charge on any atom is -0.489 e. The molecule has 4 aliphatic rings. The summed E-state index contributed by atoms with van der Waals surface area (Å²) in [5.74, 6) is 0.616. The Balaban J connectivity index is 0.907. The number of anilines is 3. The second-order valence-electron chi connectivity index (χ2n) is 13.9. The molecule has 0 unspecified atom stereocenters. The summed E-state index contributed by atoms with van der Waals surface area (Å²) in [6.07, 6.45) is 7.87. The fourth-order valence-corrected chi connectivity index (χ4v) is 8.54. The first kappa shape index (κ1) is 35.7. The van der Waals surface area contributed by atoms with Crippen molar-refractivity contribution in [3.63, 3.8) is 0 Å². The zero-order chi connectivity index (χ0) is 37.6. The molecule has 18 heteroatoms. The van der Waals surface area contributed by atoms with Crippen LogP contribution in [0.3, 0.4) is 0 Å². The van der Waals surface area contributed by atoms with Gasteiger partial charge in [0.1, 0.15) is 29.8 Å². The molecule has 0 radical (unpaired) electrons.